The van der Waals surface area contributed by atoms with Crippen LogP contribution in [-0.4, -0.2) is 47.0 Å². The molecule has 0 amide bonds. The first kappa shape index (κ1) is 12.9. The fraction of sp³-hybridized carbons (Fsp3) is 0.667. The van der Waals surface area contributed by atoms with Crippen LogP contribution in [0, 0.1) is 0 Å². The fourth-order valence-electron chi connectivity index (χ4n) is 3.36. The van der Waals surface area contributed by atoms with E-state index in [2.05, 4.69) is 20.9 Å². The molecule has 4 nitrogen and oxygen atoms in total. The number of aromatic nitrogens is 1. The van der Waals surface area contributed by atoms with Gasteiger partial charge in [-0.15, -0.1) is 0 Å². The number of anilines is 1. The normalized spacial score (nSPS) is 25.8. The van der Waals surface area contributed by atoms with Crippen LogP contribution in [0.3, 0.4) is 0 Å². The molecule has 2 aliphatic heterocycles. The quantitative estimate of drug-likeness (QED) is 0.899. The van der Waals surface area contributed by atoms with Crippen LogP contribution in [0.1, 0.15) is 31.2 Å². The first-order chi connectivity index (χ1) is 9.33. The van der Waals surface area contributed by atoms with Gasteiger partial charge < -0.3 is 5.73 Å². The third kappa shape index (κ3) is 3.07. The van der Waals surface area contributed by atoms with E-state index in [4.69, 9.17) is 5.73 Å². The van der Waals surface area contributed by atoms with E-state index in [1.54, 1.807) is 6.20 Å². The molecule has 1 unspecified atom stereocenters. The third-order valence-electron chi connectivity index (χ3n) is 4.47. The smallest absolute Gasteiger partial charge is 0.127 e. The molecule has 2 aliphatic rings. The molecule has 3 heterocycles. The average molecular weight is 260 g/mol. The lowest BCUT2D eigenvalue weighted by atomic mass is 10.1. The average Bonchev–Trinajstić information content (AvgIpc) is 2.91. The van der Waals surface area contributed by atoms with Crippen LogP contribution in [0.4, 0.5) is 5.82 Å². The zero-order valence-corrected chi connectivity index (χ0v) is 11.6. The lowest BCUT2D eigenvalue weighted by Crippen LogP contribution is -2.40. The molecule has 1 aromatic heterocycles. The molecule has 0 aliphatic carbocycles. The molecule has 0 bridgehead atoms. The highest BCUT2D eigenvalue weighted by Crippen LogP contribution is 2.22. The van der Waals surface area contributed by atoms with Crippen molar-refractivity contribution < 1.29 is 0 Å². The molecule has 2 N–H and O–H groups in total. The van der Waals surface area contributed by atoms with Crippen molar-refractivity contribution in [3.05, 3.63) is 23.9 Å². The molecule has 3 rings (SSSR count). The standard InChI is InChI=1S/C15H24N4/c16-15-13(5-4-7-17-15)11-18-10-6-14(12-18)19-8-2-1-3-9-19/h4-5,7,14H,1-3,6,8-12H2,(H2,16,17). The Morgan fingerprint density at radius 2 is 2.05 bits per heavy atom. The van der Waals surface area contributed by atoms with Gasteiger partial charge in [-0.2, -0.15) is 0 Å². The maximum Gasteiger partial charge on any atom is 0.127 e. The predicted octanol–water partition coefficient (Wildman–Crippen LogP) is 1.72. The summed E-state index contributed by atoms with van der Waals surface area (Å²) < 4.78 is 0. The molecule has 104 valence electrons. The van der Waals surface area contributed by atoms with Crippen molar-refractivity contribution in [1.82, 2.24) is 14.8 Å². The van der Waals surface area contributed by atoms with Gasteiger partial charge in [0.15, 0.2) is 0 Å². The van der Waals surface area contributed by atoms with Crippen LogP contribution in [0.2, 0.25) is 0 Å². The summed E-state index contributed by atoms with van der Waals surface area (Å²) in [6, 6.07) is 4.83. The van der Waals surface area contributed by atoms with E-state index in [0.717, 1.165) is 12.6 Å². The number of pyridine rings is 1. The highest BCUT2D eigenvalue weighted by Gasteiger charge is 2.28. The summed E-state index contributed by atoms with van der Waals surface area (Å²) in [5.74, 6) is 0.684. The van der Waals surface area contributed by atoms with Crippen molar-refractivity contribution in [2.75, 3.05) is 31.9 Å². The maximum absolute atomic E-state index is 5.93. The molecule has 1 atom stereocenters. The molecule has 0 saturated carbocycles. The largest absolute Gasteiger partial charge is 0.383 e. The molecule has 0 spiro atoms. The summed E-state index contributed by atoms with van der Waals surface area (Å²) in [7, 11) is 0. The van der Waals surface area contributed by atoms with Gasteiger partial charge in [0, 0.05) is 37.4 Å². The third-order valence-corrected chi connectivity index (χ3v) is 4.47. The maximum atomic E-state index is 5.93. The van der Waals surface area contributed by atoms with Crippen LogP contribution >= 0.6 is 0 Å². The monoisotopic (exact) mass is 260 g/mol. The highest BCUT2D eigenvalue weighted by atomic mass is 15.3. The summed E-state index contributed by atoms with van der Waals surface area (Å²) >= 11 is 0. The van der Waals surface area contributed by atoms with Crippen LogP contribution in [0.5, 0.6) is 0 Å². The summed E-state index contributed by atoms with van der Waals surface area (Å²) in [5, 5.41) is 0. The van der Waals surface area contributed by atoms with Crippen LogP contribution in [0.25, 0.3) is 0 Å². The van der Waals surface area contributed by atoms with Crippen molar-refractivity contribution in [1.29, 1.82) is 0 Å². The topological polar surface area (TPSA) is 45.4 Å². The Balaban J connectivity index is 1.55. The second kappa shape index (κ2) is 5.88. The van der Waals surface area contributed by atoms with Crippen LogP contribution in [-0.2, 0) is 6.54 Å². The van der Waals surface area contributed by atoms with Crippen molar-refractivity contribution in [3.8, 4) is 0 Å². The zero-order chi connectivity index (χ0) is 13.1. The summed E-state index contributed by atoms with van der Waals surface area (Å²) in [6.45, 7) is 5.93. The molecule has 2 saturated heterocycles. The lowest BCUT2D eigenvalue weighted by Gasteiger charge is -2.32. The Kier molecular flexibility index (Phi) is 3.99. The first-order valence-electron chi connectivity index (χ1n) is 7.49. The summed E-state index contributed by atoms with van der Waals surface area (Å²) in [4.78, 5) is 9.38. The van der Waals surface area contributed by atoms with E-state index in [-0.39, 0.29) is 0 Å². The second-order valence-corrected chi connectivity index (χ2v) is 5.82. The Labute approximate surface area is 115 Å². The van der Waals surface area contributed by atoms with E-state index in [1.807, 2.05) is 6.07 Å². The van der Waals surface area contributed by atoms with Gasteiger partial charge >= 0.3 is 0 Å². The van der Waals surface area contributed by atoms with Crippen molar-refractivity contribution >= 4 is 5.82 Å². The molecular formula is C15H24N4. The Morgan fingerprint density at radius 1 is 1.21 bits per heavy atom. The van der Waals surface area contributed by atoms with Gasteiger partial charge in [0.2, 0.25) is 0 Å². The SMILES string of the molecule is Nc1ncccc1CN1CCC(N2CCCCC2)C1. The number of rotatable bonds is 3. The molecule has 2 fully saturated rings. The molecule has 19 heavy (non-hydrogen) atoms. The van der Waals surface area contributed by atoms with Crippen molar-refractivity contribution in [2.45, 2.75) is 38.3 Å². The van der Waals surface area contributed by atoms with Crippen LogP contribution < -0.4 is 5.73 Å². The Bertz CT molecular complexity index is 414. The number of nitrogen functional groups attached to an aromatic ring is 1. The van der Waals surface area contributed by atoms with Gasteiger partial charge in [0.05, 0.1) is 0 Å². The number of hydrogen-bond donors (Lipinski definition) is 1. The Morgan fingerprint density at radius 3 is 2.84 bits per heavy atom. The van der Waals surface area contributed by atoms with Gasteiger partial charge in [0.25, 0.3) is 0 Å². The summed E-state index contributed by atoms with van der Waals surface area (Å²) in [5.41, 5.74) is 7.10. The number of nitrogens with two attached hydrogens (primary N) is 1. The van der Waals surface area contributed by atoms with E-state index < -0.39 is 0 Å². The molecular weight excluding hydrogens is 236 g/mol. The van der Waals surface area contributed by atoms with Crippen molar-refractivity contribution in [2.24, 2.45) is 0 Å². The van der Waals surface area contributed by atoms with Gasteiger partial charge in [-0.3, -0.25) is 9.80 Å². The minimum atomic E-state index is 0.684. The second-order valence-electron chi connectivity index (χ2n) is 5.82. The van der Waals surface area contributed by atoms with Gasteiger partial charge in [0.1, 0.15) is 5.82 Å². The predicted molar refractivity (Wildman–Crippen MR) is 77.8 cm³/mol. The van der Waals surface area contributed by atoms with Crippen LogP contribution in [0.15, 0.2) is 18.3 Å². The van der Waals surface area contributed by atoms with E-state index in [9.17, 15) is 0 Å². The lowest BCUT2D eigenvalue weighted by molar-refractivity contribution is 0.161. The van der Waals surface area contributed by atoms with E-state index in [1.165, 1.54) is 57.4 Å². The summed E-state index contributed by atoms with van der Waals surface area (Å²) in [6.07, 6.45) is 7.25. The molecule has 0 radical (unpaired) electrons. The minimum absolute atomic E-state index is 0.684. The van der Waals surface area contributed by atoms with E-state index >= 15 is 0 Å². The Hall–Kier alpha value is -1.13. The van der Waals surface area contributed by atoms with Gasteiger partial charge in [-0.1, -0.05) is 12.5 Å². The number of piperidine rings is 1. The highest BCUT2D eigenvalue weighted by molar-refractivity contribution is 5.38. The zero-order valence-electron chi connectivity index (χ0n) is 11.6. The van der Waals surface area contributed by atoms with E-state index in [0.29, 0.717) is 5.82 Å². The first-order valence-corrected chi connectivity index (χ1v) is 7.49. The van der Waals surface area contributed by atoms with Gasteiger partial charge in [-0.25, -0.2) is 4.98 Å². The number of hydrogen-bond acceptors (Lipinski definition) is 4. The van der Waals surface area contributed by atoms with Gasteiger partial charge in [-0.05, 0) is 38.4 Å². The molecule has 4 heteroatoms. The number of likely N-dealkylation sites (tertiary alicyclic amines) is 2. The van der Waals surface area contributed by atoms with Crippen molar-refractivity contribution in [3.63, 3.8) is 0 Å². The molecule has 1 aromatic rings. The molecule has 0 aromatic carbocycles. The number of nitrogens with zero attached hydrogens (tertiary/aromatic N) is 3. The minimum Gasteiger partial charge on any atom is -0.383 e. The fourth-order valence-corrected chi connectivity index (χ4v) is 3.36.